The second-order valence-electron chi connectivity index (χ2n) is 8.97. The lowest BCUT2D eigenvalue weighted by Gasteiger charge is -2.19. The number of rotatable bonds is 12. The first-order chi connectivity index (χ1) is 18.3. The van der Waals surface area contributed by atoms with Gasteiger partial charge in [0.2, 0.25) is 0 Å². The van der Waals surface area contributed by atoms with Gasteiger partial charge < -0.3 is 18.9 Å². The molecule has 0 saturated heterocycles. The quantitative estimate of drug-likeness (QED) is 0.170. The highest BCUT2D eigenvalue weighted by Crippen LogP contribution is 2.51. The van der Waals surface area contributed by atoms with Gasteiger partial charge in [0.25, 0.3) is 0 Å². The monoisotopic (exact) mass is 494 g/mol. The summed E-state index contributed by atoms with van der Waals surface area (Å²) in [6.07, 6.45) is 0. The Morgan fingerprint density at radius 1 is 0.541 bits per heavy atom. The van der Waals surface area contributed by atoms with Crippen molar-refractivity contribution in [3.05, 3.63) is 108 Å². The Bertz CT molecular complexity index is 1290. The molecule has 5 rings (SSSR count). The van der Waals surface area contributed by atoms with Crippen LogP contribution in [0.15, 0.2) is 91.0 Å². The molecule has 1 aliphatic rings. The Kier molecular flexibility index (Phi) is 8.19. The lowest BCUT2D eigenvalue weighted by molar-refractivity contribution is 0.110. The van der Waals surface area contributed by atoms with Crippen LogP contribution in [0, 0.1) is 0 Å². The van der Waals surface area contributed by atoms with E-state index in [2.05, 4.69) is 78.9 Å². The molecule has 4 aromatic rings. The molecule has 1 atom stereocenters. The summed E-state index contributed by atoms with van der Waals surface area (Å²) in [5, 5.41) is 0. The first kappa shape index (κ1) is 25.1. The molecular formula is C33H34O4. The lowest BCUT2D eigenvalue weighted by Crippen LogP contribution is -2.06. The summed E-state index contributed by atoms with van der Waals surface area (Å²) in [7, 11) is 0. The predicted molar refractivity (Wildman–Crippen MR) is 149 cm³/mol. The number of benzene rings is 4. The molecule has 0 aromatic heterocycles. The van der Waals surface area contributed by atoms with E-state index in [0.29, 0.717) is 39.6 Å². The lowest BCUT2D eigenvalue weighted by atomic mass is 9.85. The van der Waals surface area contributed by atoms with Gasteiger partial charge in [-0.1, -0.05) is 66.7 Å². The van der Waals surface area contributed by atoms with E-state index in [1.807, 2.05) is 26.0 Å². The fourth-order valence-electron chi connectivity index (χ4n) is 5.07. The minimum Gasteiger partial charge on any atom is -0.491 e. The third-order valence-electron chi connectivity index (χ3n) is 6.74. The first-order valence-corrected chi connectivity index (χ1v) is 13.1. The minimum atomic E-state index is 0.155. The molecular weight excluding hydrogens is 460 g/mol. The van der Waals surface area contributed by atoms with Crippen molar-refractivity contribution in [2.75, 3.05) is 39.6 Å². The average Bonchev–Trinajstić information content (AvgIpc) is 3.29. The second kappa shape index (κ2) is 12.1. The van der Waals surface area contributed by atoms with Gasteiger partial charge in [0.1, 0.15) is 24.7 Å². The van der Waals surface area contributed by atoms with Gasteiger partial charge in [0.15, 0.2) is 0 Å². The summed E-state index contributed by atoms with van der Waals surface area (Å²) in [6.45, 7) is 7.69. The smallest absolute Gasteiger partial charge is 0.119 e. The zero-order chi connectivity index (χ0) is 25.5. The Hall–Kier alpha value is -3.60. The molecule has 4 heteroatoms. The number of fused-ring (bicyclic) bond motifs is 3. The van der Waals surface area contributed by atoms with Crippen LogP contribution in [0.3, 0.4) is 0 Å². The van der Waals surface area contributed by atoms with Crippen LogP contribution in [0.2, 0.25) is 0 Å². The van der Waals surface area contributed by atoms with E-state index >= 15 is 0 Å². The van der Waals surface area contributed by atoms with Crippen molar-refractivity contribution in [1.29, 1.82) is 0 Å². The summed E-state index contributed by atoms with van der Waals surface area (Å²) in [5.74, 6) is 1.88. The molecule has 0 heterocycles. The van der Waals surface area contributed by atoms with Gasteiger partial charge in [0, 0.05) is 19.1 Å². The molecule has 0 N–H and O–H groups in total. The highest BCUT2D eigenvalue weighted by molar-refractivity contribution is 5.88. The van der Waals surface area contributed by atoms with E-state index in [0.717, 1.165) is 11.5 Å². The molecule has 0 fully saturated rings. The van der Waals surface area contributed by atoms with Crippen LogP contribution in [0.4, 0.5) is 0 Å². The Morgan fingerprint density at radius 2 is 1.11 bits per heavy atom. The molecule has 37 heavy (non-hydrogen) atoms. The maximum absolute atomic E-state index is 5.87. The van der Waals surface area contributed by atoms with E-state index in [1.54, 1.807) is 0 Å². The van der Waals surface area contributed by atoms with Crippen molar-refractivity contribution in [3.63, 3.8) is 0 Å². The van der Waals surface area contributed by atoms with E-state index in [1.165, 1.54) is 38.9 Å². The topological polar surface area (TPSA) is 36.9 Å². The molecule has 190 valence electrons. The summed E-state index contributed by atoms with van der Waals surface area (Å²) in [5.41, 5.74) is 8.97. The van der Waals surface area contributed by atoms with Crippen molar-refractivity contribution in [1.82, 2.24) is 0 Å². The van der Waals surface area contributed by atoms with Gasteiger partial charge in [-0.3, -0.25) is 0 Å². The molecule has 0 aliphatic heterocycles. The number of hydrogen-bond donors (Lipinski definition) is 0. The highest BCUT2D eigenvalue weighted by atomic mass is 16.5. The van der Waals surface area contributed by atoms with Crippen molar-refractivity contribution in [2.24, 2.45) is 0 Å². The fraction of sp³-hybridized carbons (Fsp3) is 0.273. The average molecular weight is 495 g/mol. The molecule has 4 aromatic carbocycles. The fourth-order valence-corrected chi connectivity index (χ4v) is 5.07. The van der Waals surface area contributed by atoms with Crippen molar-refractivity contribution in [3.8, 4) is 33.8 Å². The van der Waals surface area contributed by atoms with Gasteiger partial charge in [0.05, 0.1) is 13.2 Å². The standard InChI is InChI=1S/C33H34O4/c1-3-34-20-22-36-26-16-12-24(13-17-26)28-10-7-11-31-29-8-5-6-9-30(29)32(33(28)31)25-14-18-27(19-15-25)37-23-21-35-4-2/h5-19,32H,3-4,20-23H2,1-2H3. The summed E-state index contributed by atoms with van der Waals surface area (Å²) >= 11 is 0. The van der Waals surface area contributed by atoms with Crippen molar-refractivity contribution in [2.45, 2.75) is 19.8 Å². The van der Waals surface area contributed by atoms with E-state index in [9.17, 15) is 0 Å². The molecule has 0 spiro atoms. The third kappa shape index (κ3) is 5.56. The molecule has 1 unspecified atom stereocenters. The Balaban J connectivity index is 1.45. The molecule has 4 nitrogen and oxygen atoms in total. The summed E-state index contributed by atoms with van der Waals surface area (Å²) in [6, 6.07) is 32.3. The van der Waals surface area contributed by atoms with Crippen LogP contribution < -0.4 is 9.47 Å². The zero-order valence-corrected chi connectivity index (χ0v) is 21.6. The third-order valence-corrected chi connectivity index (χ3v) is 6.74. The van der Waals surface area contributed by atoms with E-state index in [-0.39, 0.29) is 5.92 Å². The maximum Gasteiger partial charge on any atom is 0.119 e. The van der Waals surface area contributed by atoms with Crippen LogP contribution in [0.25, 0.3) is 22.3 Å². The second-order valence-corrected chi connectivity index (χ2v) is 8.97. The Morgan fingerprint density at radius 3 is 1.76 bits per heavy atom. The molecule has 0 bridgehead atoms. The highest BCUT2D eigenvalue weighted by Gasteiger charge is 2.32. The van der Waals surface area contributed by atoms with Gasteiger partial charge >= 0.3 is 0 Å². The minimum absolute atomic E-state index is 0.155. The largest absolute Gasteiger partial charge is 0.491 e. The normalized spacial score (nSPS) is 13.7. The van der Waals surface area contributed by atoms with Crippen LogP contribution >= 0.6 is 0 Å². The summed E-state index contributed by atoms with van der Waals surface area (Å²) < 4.78 is 22.5. The van der Waals surface area contributed by atoms with Gasteiger partial charge in [-0.15, -0.1) is 0 Å². The van der Waals surface area contributed by atoms with Gasteiger partial charge in [-0.25, -0.2) is 0 Å². The molecule has 0 radical (unpaired) electrons. The van der Waals surface area contributed by atoms with Gasteiger partial charge in [-0.2, -0.15) is 0 Å². The van der Waals surface area contributed by atoms with Crippen LogP contribution in [-0.2, 0) is 9.47 Å². The maximum atomic E-state index is 5.87. The number of hydrogen-bond acceptors (Lipinski definition) is 4. The first-order valence-electron chi connectivity index (χ1n) is 13.1. The van der Waals surface area contributed by atoms with E-state index < -0.39 is 0 Å². The molecule has 0 amide bonds. The van der Waals surface area contributed by atoms with Crippen LogP contribution in [0.1, 0.15) is 36.5 Å². The van der Waals surface area contributed by atoms with Crippen molar-refractivity contribution >= 4 is 0 Å². The molecule has 0 saturated carbocycles. The molecule has 1 aliphatic carbocycles. The Labute approximate surface area is 219 Å². The SMILES string of the molecule is CCOCCOc1ccc(-c2cccc3c2C(c2ccc(OCCOCC)cc2)c2ccccc2-3)cc1. The number of ether oxygens (including phenoxy) is 4. The summed E-state index contributed by atoms with van der Waals surface area (Å²) in [4.78, 5) is 0. The zero-order valence-electron chi connectivity index (χ0n) is 21.6. The predicted octanol–water partition coefficient (Wildman–Crippen LogP) is 7.34. The van der Waals surface area contributed by atoms with E-state index in [4.69, 9.17) is 18.9 Å². The van der Waals surface area contributed by atoms with Gasteiger partial charge in [-0.05, 0) is 77.1 Å². The van der Waals surface area contributed by atoms with Crippen LogP contribution in [0.5, 0.6) is 11.5 Å². The van der Waals surface area contributed by atoms with Crippen molar-refractivity contribution < 1.29 is 18.9 Å². The van der Waals surface area contributed by atoms with Crippen LogP contribution in [-0.4, -0.2) is 39.6 Å².